The van der Waals surface area contributed by atoms with Crippen LogP contribution >= 0.6 is 11.8 Å². The van der Waals surface area contributed by atoms with Gasteiger partial charge in [0.05, 0.1) is 0 Å². The van der Waals surface area contributed by atoms with Crippen LogP contribution in [0.15, 0.2) is 16.9 Å². The maximum absolute atomic E-state index is 12.0. The molecule has 8 nitrogen and oxygen atoms in total. The maximum Gasteiger partial charge on any atom is 0.352 e. The fourth-order valence-corrected chi connectivity index (χ4v) is 3.35. The van der Waals surface area contributed by atoms with E-state index in [1.165, 1.54) is 0 Å². The summed E-state index contributed by atoms with van der Waals surface area (Å²) in [4.78, 5) is 23.3. The molecule has 2 rings (SSSR count). The van der Waals surface area contributed by atoms with Crippen molar-refractivity contribution in [1.82, 2.24) is 25.5 Å². The summed E-state index contributed by atoms with van der Waals surface area (Å²) in [5, 5.41) is 23.8. The van der Waals surface area contributed by atoms with E-state index < -0.39 is 5.97 Å². The normalized spacial score (nSPS) is 18.8. The molecule has 1 fully saturated rings. The van der Waals surface area contributed by atoms with E-state index in [1.54, 1.807) is 29.6 Å². The van der Waals surface area contributed by atoms with Crippen LogP contribution in [0.4, 0.5) is 0 Å². The van der Waals surface area contributed by atoms with Gasteiger partial charge in [-0.1, -0.05) is 38.1 Å². The molecule has 1 unspecified atom stereocenters. The smallest absolute Gasteiger partial charge is 0.352 e. The first kappa shape index (κ1) is 19.4. The topological polar surface area (TPSA) is 110 Å². The monoisotopic (exact) mass is 367 g/mol. The van der Waals surface area contributed by atoms with Gasteiger partial charge in [0, 0.05) is 18.7 Å². The summed E-state index contributed by atoms with van der Waals surface area (Å²) < 4.78 is 1.64. The Labute approximate surface area is 151 Å². The molecule has 1 aliphatic rings. The van der Waals surface area contributed by atoms with Gasteiger partial charge in [0.1, 0.15) is 5.70 Å². The molecule has 0 radical (unpaired) electrons. The SMILES string of the molecule is Cn1nnnc1SCCCCC/C=C(/NC(=O)C1CC1(C)C)C(=O)O. The molecule has 1 aromatic rings. The van der Waals surface area contributed by atoms with Crippen molar-refractivity contribution < 1.29 is 14.7 Å². The van der Waals surface area contributed by atoms with Crippen LogP contribution in [-0.4, -0.2) is 42.9 Å². The van der Waals surface area contributed by atoms with Crippen LogP contribution in [0.5, 0.6) is 0 Å². The predicted octanol–water partition coefficient (Wildman–Crippen LogP) is 1.99. The summed E-state index contributed by atoms with van der Waals surface area (Å²) in [6.07, 6.45) is 5.90. The van der Waals surface area contributed by atoms with Gasteiger partial charge in [0.2, 0.25) is 11.1 Å². The first-order valence-electron chi connectivity index (χ1n) is 8.41. The Balaban J connectivity index is 1.65. The Bertz CT molecular complexity index is 656. The van der Waals surface area contributed by atoms with Crippen molar-refractivity contribution in [3.63, 3.8) is 0 Å². The highest BCUT2D eigenvalue weighted by Gasteiger charge is 2.50. The van der Waals surface area contributed by atoms with Crippen LogP contribution in [0.2, 0.25) is 0 Å². The molecule has 1 saturated carbocycles. The number of nitrogens with one attached hydrogen (secondary N) is 1. The summed E-state index contributed by atoms with van der Waals surface area (Å²) >= 11 is 1.60. The Kier molecular flexibility index (Phi) is 6.57. The Morgan fingerprint density at radius 1 is 1.40 bits per heavy atom. The lowest BCUT2D eigenvalue weighted by atomic mass is 10.1. The van der Waals surface area contributed by atoms with Gasteiger partial charge in [-0.2, -0.15) is 0 Å². The largest absolute Gasteiger partial charge is 0.477 e. The van der Waals surface area contributed by atoms with E-state index in [4.69, 9.17) is 0 Å². The average molecular weight is 367 g/mol. The molecule has 1 heterocycles. The summed E-state index contributed by atoms with van der Waals surface area (Å²) in [6.45, 7) is 4.02. The molecule has 0 aromatic carbocycles. The lowest BCUT2D eigenvalue weighted by Crippen LogP contribution is -2.29. The number of unbranched alkanes of at least 4 members (excludes halogenated alkanes) is 3. The van der Waals surface area contributed by atoms with Crippen LogP contribution in [0.3, 0.4) is 0 Å². The summed E-state index contributed by atoms with van der Waals surface area (Å²) in [6, 6.07) is 0. The van der Waals surface area contributed by atoms with Gasteiger partial charge in [-0.25, -0.2) is 9.48 Å². The minimum atomic E-state index is -1.09. The highest BCUT2D eigenvalue weighted by molar-refractivity contribution is 7.99. The molecule has 138 valence electrons. The number of carbonyl (C=O) groups excluding carboxylic acids is 1. The fourth-order valence-electron chi connectivity index (χ4n) is 2.50. The zero-order chi connectivity index (χ0) is 18.4. The van der Waals surface area contributed by atoms with Gasteiger partial charge in [-0.3, -0.25) is 4.79 Å². The number of hydrogen-bond acceptors (Lipinski definition) is 6. The average Bonchev–Trinajstić information content (AvgIpc) is 2.99. The minimum Gasteiger partial charge on any atom is -0.477 e. The van der Waals surface area contributed by atoms with Gasteiger partial charge in [0.25, 0.3) is 0 Å². The number of aliphatic carboxylic acids is 1. The Hall–Kier alpha value is -1.90. The lowest BCUT2D eigenvalue weighted by Gasteiger charge is -2.07. The number of amides is 1. The summed E-state index contributed by atoms with van der Waals surface area (Å²) in [5.74, 6) is -0.441. The third-order valence-corrected chi connectivity index (χ3v) is 5.42. The van der Waals surface area contributed by atoms with Crippen molar-refractivity contribution in [2.75, 3.05) is 5.75 Å². The first-order valence-corrected chi connectivity index (χ1v) is 9.39. The Morgan fingerprint density at radius 2 is 2.12 bits per heavy atom. The molecule has 1 amide bonds. The molecular weight excluding hydrogens is 342 g/mol. The quantitative estimate of drug-likeness (QED) is 0.370. The van der Waals surface area contributed by atoms with E-state index in [9.17, 15) is 14.7 Å². The number of rotatable bonds is 10. The van der Waals surface area contributed by atoms with Crippen molar-refractivity contribution in [1.29, 1.82) is 0 Å². The number of carbonyl (C=O) groups is 2. The number of nitrogens with zero attached hydrogens (tertiary/aromatic N) is 4. The summed E-state index contributed by atoms with van der Waals surface area (Å²) in [7, 11) is 1.80. The van der Waals surface area contributed by atoms with Crippen molar-refractivity contribution >= 4 is 23.6 Å². The number of carboxylic acids is 1. The molecule has 1 aromatic heterocycles. The molecule has 0 saturated heterocycles. The third kappa shape index (κ3) is 5.84. The molecular formula is C16H25N5O3S. The van der Waals surface area contributed by atoms with E-state index in [-0.39, 0.29) is 22.9 Å². The van der Waals surface area contributed by atoms with E-state index in [1.807, 2.05) is 13.8 Å². The number of hydrogen-bond donors (Lipinski definition) is 2. The van der Waals surface area contributed by atoms with Crippen LogP contribution in [-0.2, 0) is 16.6 Å². The number of carboxylic acid groups (broad SMARTS) is 1. The maximum atomic E-state index is 12.0. The number of tetrazole rings is 1. The molecule has 1 aliphatic carbocycles. The van der Waals surface area contributed by atoms with Crippen molar-refractivity contribution in [2.24, 2.45) is 18.4 Å². The van der Waals surface area contributed by atoms with E-state index >= 15 is 0 Å². The fraction of sp³-hybridized carbons (Fsp3) is 0.688. The highest BCUT2D eigenvalue weighted by Crippen LogP contribution is 2.51. The van der Waals surface area contributed by atoms with Crippen LogP contribution in [0.25, 0.3) is 0 Å². The first-order chi connectivity index (χ1) is 11.8. The zero-order valence-corrected chi connectivity index (χ0v) is 15.7. The van der Waals surface area contributed by atoms with Crippen LogP contribution in [0.1, 0.15) is 46.0 Å². The van der Waals surface area contributed by atoms with Gasteiger partial charge < -0.3 is 10.4 Å². The van der Waals surface area contributed by atoms with E-state index in [2.05, 4.69) is 20.8 Å². The molecule has 25 heavy (non-hydrogen) atoms. The molecule has 1 atom stereocenters. The molecule has 0 aliphatic heterocycles. The van der Waals surface area contributed by atoms with Gasteiger partial charge >= 0.3 is 5.97 Å². The van der Waals surface area contributed by atoms with Gasteiger partial charge in [-0.15, -0.1) is 5.10 Å². The number of thioether (sulfide) groups is 1. The summed E-state index contributed by atoms with van der Waals surface area (Å²) in [5.41, 5.74) is -0.0175. The second-order valence-electron chi connectivity index (χ2n) is 6.94. The molecule has 0 bridgehead atoms. The Morgan fingerprint density at radius 3 is 2.68 bits per heavy atom. The van der Waals surface area contributed by atoms with Gasteiger partial charge in [-0.05, 0) is 41.5 Å². The molecule has 2 N–H and O–H groups in total. The van der Waals surface area contributed by atoms with E-state index in [0.717, 1.165) is 36.6 Å². The van der Waals surface area contributed by atoms with Crippen molar-refractivity contribution in [2.45, 2.75) is 51.1 Å². The van der Waals surface area contributed by atoms with Crippen LogP contribution < -0.4 is 5.32 Å². The second-order valence-corrected chi connectivity index (χ2v) is 8.00. The molecule has 9 heteroatoms. The van der Waals surface area contributed by atoms with E-state index in [0.29, 0.717) is 6.42 Å². The second kappa shape index (κ2) is 8.46. The number of aryl methyl sites for hydroxylation is 1. The number of aromatic nitrogens is 4. The predicted molar refractivity (Wildman–Crippen MR) is 93.7 cm³/mol. The zero-order valence-electron chi connectivity index (χ0n) is 14.9. The highest BCUT2D eigenvalue weighted by atomic mass is 32.2. The van der Waals surface area contributed by atoms with Crippen molar-refractivity contribution in [3.8, 4) is 0 Å². The molecule has 0 spiro atoms. The standard InChI is InChI=1S/C16H25N5O3S/c1-16(2)10-11(16)13(22)17-12(14(23)24)8-6-4-5-7-9-25-15-18-19-20-21(15)3/h8,11H,4-7,9-10H2,1-3H3,(H,17,22)(H,23,24)/b12-8+. The van der Waals surface area contributed by atoms with Gasteiger partial charge in [0.15, 0.2) is 0 Å². The van der Waals surface area contributed by atoms with Crippen LogP contribution in [0, 0.1) is 11.3 Å². The van der Waals surface area contributed by atoms with Crippen molar-refractivity contribution in [3.05, 3.63) is 11.8 Å². The lowest BCUT2D eigenvalue weighted by molar-refractivity contribution is -0.135. The minimum absolute atomic E-state index is 0.00719. The third-order valence-electron chi connectivity index (χ3n) is 4.33. The number of allylic oxidation sites excluding steroid dienone is 1.